The molecule has 1 rings (SSSR count). The van der Waals surface area contributed by atoms with Crippen molar-refractivity contribution in [3.63, 3.8) is 0 Å². The zero-order valence-electron chi connectivity index (χ0n) is 6.40. The summed E-state index contributed by atoms with van der Waals surface area (Å²) in [6.45, 7) is 0. The van der Waals surface area contributed by atoms with Crippen LogP contribution in [0.5, 0.6) is 0 Å². The molecule has 1 unspecified atom stereocenters. The van der Waals surface area contributed by atoms with Gasteiger partial charge in [-0.3, -0.25) is 0 Å². The maximum Gasteiger partial charge on any atom is 0.148 e. The standard InChI is InChI=1S/C9H9NO2/c10-8(6-11)9(12)7-4-2-1-3-5-7/h1-5,9,12H,10H2. The highest BCUT2D eigenvalue weighted by Gasteiger charge is 2.09. The third-order valence-corrected chi connectivity index (χ3v) is 1.53. The number of rotatable bonds is 2. The Bertz CT molecular complexity index is 302. The minimum Gasteiger partial charge on any atom is -0.391 e. The van der Waals surface area contributed by atoms with Gasteiger partial charge in [-0.25, -0.2) is 4.79 Å². The van der Waals surface area contributed by atoms with Gasteiger partial charge in [-0.05, 0) is 5.56 Å². The van der Waals surface area contributed by atoms with Gasteiger partial charge in [0, 0.05) is 0 Å². The summed E-state index contributed by atoms with van der Waals surface area (Å²) in [4.78, 5) is 10.1. The average molecular weight is 163 g/mol. The minimum absolute atomic E-state index is 0.193. The molecule has 0 aliphatic heterocycles. The molecular weight excluding hydrogens is 154 g/mol. The zero-order chi connectivity index (χ0) is 8.97. The third kappa shape index (κ3) is 1.72. The summed E-state index contributed by atoms with van der Waals surface area (Å²) >= 11 is 0. The molecule has 3 nitrogen and oxygen atoms in total. The topological polar surface area (TPSA) is 63.3 Å². The van der Waals surface area contributed by atoms with Gasteiger partial charge in [0.25, 0.3) is 0 Å². The van der Waals surface area contributed by atoms with Crippen LogP contribution in [0.1, 0.15) is 11.7 Å². The first-order chi connectivity index (χ1) is 5.75. The van der Waals surface area contributed by atoms with Gasteiger partial charge in [0.1, 0.15) is 17.7 Å². The van der Waals surface area contributed by atoms with Gasteiger partial charge in [0.2, 0.25) is 0 Å². The highest BCUT2D eigenvalue weighted by Crippen LogP contribution is 2.14. The molecule has 0 saturated carbocycles. The summed E-state index contributed by atoms with van der Waals surface area (Å²) in [6, 6.07) is 8.72. The first-order valence-corrected chi connectivity index (χ1v) is 3.49. The van der Waals surface area contributed by atoms with E-state index in [1.807, 2.05) is 6.07 Å². The van der Waals surface area contributed by atoms with E-state index in [-0.39, 0.29) is 5.70 Å². The first-order valence-electron chi connectivity index (χ1n) is 3.49. The Hall–Kier alpha value is -1.57. The van der Waals surface area contributed by atoms with Crippen molar-refractivity contribution >= 4 is 5.94 Å². The zero-order valence-corrected chi connectivity index (χ0v) is 6.40. The van der Waals surface area contributed by atoms with Crippen LogP contribution in [0.25, 0.3) is 0 Å². The third-order valence-electron chi connectivity index (χ3n) is 1.53. The smallest absolute Gasteiger partial charge is 0.148 e. The summed E-state index contributed by atoms with van der Waals surface area (Å²) in [5.74, 6) is 1.46. The fourth-order valence-corrected chi connectivity index (χ4v) is 0.871. The van der Waals surface area contributed by atoms with E-state index in [0.29, 0.717) is 5.56 Å². The fraction of sp³-hybridized carbons (Fsp3) is 0.111. The molecule has 3 heteroatoms. The molecule has 1 atom stereocenters. The van der Waals surface area contributed by atoms with Crippen LogP contribution in [0.2, 0.25) is 0 Å². The average Bonchev–Trinajstić information content (AvgIpc) is 2.17. The monoisotopic (exact) mass is 163 g/mol. The molecule has 0 aliphatic carbocycles. The predicted octanol–water partition coefficient (Wildman–Crippen LogP) is 0.394. The van der Waals surface area contributed by atoms with Crippen LogP contribution in [0.15, 0.2) is 36.0 Å². The molecule has 0 spiro atoms. The van der Waals surface area contributed by atoms with Crippen LogP contribution >= 0.6 is 0 Å². The summed E-state index contributed by atoms with van der Waals surface area (Å²) in [5, 5.41) is 9.36. The summed E-state index contributed by atoms with van der Waals surface area (Å²) < 4.78 is 0. The van der Waals surface area contributed by atoms with Crippen LogP contribution in [0, 0.1) is 0 Å². The number of benzene rings is 1. The number of carbonyl (C=O) groups excluding carboxylic acids is 1. The largest absolute Gasteiger partial charge is 0.391 e. The Morgan fingerprint density at radius 1 is 1.42 bits per heavy atom. The quantitative estimate of drug-likeness (QED) is 0.620. The van der Waals surface area contributed by atoms with Crippen molar-refractivity contribution in [2.24, 2.45) is 5.73 Å². The van der Waals surface area contributed by atoms with Crippen LogP contribution in [-0.2, 0) is 4.79 Å². The molecule has 0 amide bonds. The van der Waals surface area contributed by atoms with Crippen LogP contribution in [0.3, 0.4) is 0 Å². The molecule has 0 aliphatic rings. The van der Waals surface area contributed by atoms with Crippen molar-refractivity contribution in [1.82, 2.24) is 0 Å². The maximum atomic E-state index is 10.1. The second-order valence-corrected chi connectivity index (χ2v) is 2.37. The lowest BCUT2D eigenvalue weighted by atomic mass is 10.1. The summed E-state index contributed by atoms with van der Waals surface area (Å²) in [5.41, 5.74) is 5.59. The normalized spacial score (nSPS) is 11.8. The van der Waals surface area contributed by atoms with Gasteiger partial charge in [0.05, 0.1) is 0 Å². The molecule has 0 heterocycles. The molecular formula is C9H9NO2. The first kappa shape index (κ1) is 8.53. The van der Waals surface area contributed by atoms with E-state index in [1.54, 1.807) is 24.3 Å². The highest BCUT2D eigenvalue weighted by atomic mass is 16.3. The van der Waals surface area contributed by atoms with Crippen molar-refractivity contribution in [2.45, 2.75) is 6.10 Å². The van der Waals surface area contributed by atoms with E-state index in [1.165, 1.54) is 5.94 Å². The highest BCUT2D eigenvalue weighted by molar-refractivity contribution is 5.53. The van der Waals surface area contributed by atoms with Crippen molar-refractivity contribution < 1.29 is 9.90 Å². The molecule has 1 aromatic rings. The molecule has 62 valence electrons. The minimum atomic E-state index is -1.04. The van der Waals surface area contributed by atoms with E-state index in [9.17, 15) is 9.90 Å². The Morgan fingerprint density at radius 2 is 2.00 bits per heavy atom. The lowest BCUT2D eigenvalue weighted by molar-refractivity contribution is 0.215. The van der Waals surface area contributed by atoms with Gasteiger partial charge < -0.3 is 10.8 Å². The van der Waals surface area contributed by atoms with E-state index in [4.69, 9.17) is 5.73 Å². The molecule has 1 aromatic carbocycles. The summed E-state index contributed by atoms with van der Waals surface area (Å²) in [7, 11) is 0. The van der Waals surface area contributed by atoms with Crippen molar-refractivity contribution in [3.05, 3.63) is 41.6 Å². The van der Waals surface area contributed by atoms with E-state index in [2.05, 4.69) is 0 Å². The Balaban J connectivity index is 2.93. The lowest BCUT2D eigenvalue weighted by Crippen LogP contribution is -2.09. The number of nitrogens with two attached hydrogens (primary N) is 1. The molecule has 0 radical (unpaired) electrons. The van der Waals surface area contributed by atoms with Crippen molar-refractivity contribution in [3.8, 4) is 0 Å². The number of hydrogen-bond donors (Lipinski definition) is 2. The van der Waals surface area contributed by atoms with E-state index in [0.717, 1.165) is 0 Å². The van der Waals surface area contributed by atoms with Crippen molar-refractivity contribution in [2.75, 3.05) is 0 Å². The van der Waals surface area contributed by atoms with Gasteiger partial charge in [-0.1, -0.05) is 30.3 Å². The van der Waals surface area contributed by atoms with Gasteiger partial charge in [-0.2, -0.15) is 0 Å². The molecule has 0 fully saturated rings. The number of aliphatic hydroxyl groups is 1. The Morgan fingerprint density at radius 3 is 2.50 bits per heavy atom. The molecule has 0 saturated heterocycles. The van der Waals surface area contributed by atoms with Gasteiger partial charge >= 0.3 is 0 Å². The SMILES string of the molecule is NC(=C=O)C(O)c1ccccc1. The van der Waals surface area contributed by atoms with Crippen LogP contribution in [0.4, 0.5) is 0 Å². The van der Waals surface area contributed by atoms with Crippen LogP contribution in [-0.4, -0.2) is 11.0 Å². The molecule has 3 N–H and O–H groups in total. The molecule has 12 heavy (non-hydrogen) atoms. The Kier molecular flexibility index (Phi) is 2.64. The second kappa shape index (κ2) is 3.72. The second-order valence-electron chi connectivity index (χ2n) is 2.37. The summed E-state index contributed by atoms with van der Waals surface area (Å²) in [6.07, 6.45) is -1.04. The Labute approximate surface area is 70.1 Å². The van der Waals surface area contributed by atoms with Gasteiger partial charge in [0.15, 0.2) is 0 Å². The van der Waals surface area contributed by atoms with E-state index >= 15 is 0 Å². The van der Waals surface area contributed by atoms with Crippen molar-refractivity contribution in [1.29, 1.82) is 0 Å². The molecule has 0 aromatic heterocycles. The van der Waals surface area contributed by atoms with E-state index < -0.39 is 6.10 Å². The maximum absolute atomic E-state index is 10.1. The predicted molar refractivity (Wildman–Crippen MR) is 44.8 cm³/mol. The van der Waals surface area contributed by atoms with Gasteiger partial charge in [-0.15, -0.1) is 0 Å². The fourth-order valence-electron chi connectivity index (χ4n) is 0.871. The number of hydrogen-bond acceptors (Lipinski definition) is 3. The van der Waals surface area contributed by atoms with Crippen LogP contribution < -0.4 is 5.73 Å². The number of aliphatic hydroxyl groups excluding tert-OH is 1. The molecule has 0 bridgehead atoms. The lowest BCUT2D eigenvalue weighted by Gasteiger charge is -2.06.